The molecule has 7 nitrogen and oxygen atoms in total. The lowest BCUT2D eigenvalue weighted by molar-refractivity contribution is -0.123. The van der Waals surface area contributed by atoms with Gasteiger partial charge in [0.2, 0.25) is 5.91 Å². The maximum atomic E-state index is 12.8. The minimum absolute atomic E-state index is 0.0973. The largest absolute Gasteiger partial charge is 0.350 e. The summed E-state index contributed by atoms with van der Waals surface area (Å²) in [5.74, 6) is 0.237. The highest BCUT2D eigenvalue weighted by Crippen LogP contribution is 2.23. The number of carbonyl (C=O) groups excluding carboxylic acids is 1. The Labute approximate surface area is 161 Å². The van der Waals surface area contributed by atoms with Crippen LogP contribution in [0.4, 0.5) is 0 Å². The molecule has 1 aliphatic heterocycles. The topological polar surface area (TPSA) is 114 Å². The zero-order chi connectivity index (χ0) is 20.0. The Balaban J connectivity index is 2.27. The number of hydrogen-bond acceptors (Lipinski definition) is 5. The number of hydrogen-bond donors (Lipinski definition) is 3. The van der Waals surface area contributed by atoms with Gasteiger partial charge in [-0.2, -0.15) is 0 Å². The Kier molecular flexibility index (Phi) is 7.38. The van der Waals surface area contributed by atoms with E-state index in [9.17, 15) is 13.2 Å². The van der Waals surface area contributed by atoms with Gasteiger partial charge < -0.3 is 11.1 Å². The van der Waals surface area contributed by atoms with E-state index in [2.05, 4.69) is 22.0 Å². The second-order valence-electron chi connectivity index (χ2n) is 7.31. The molecule has 1 aliphatic rings. The first-order chi connectivity index (χ1) is 12.8. The molecule has 1 aromatic rings. The minimum Gasteiger partial charge on any atom is -0.350 e. The maximum Gasteiger partial charge on any atom is 0.263 e. The van der Waals surface area contributed by atoms with Crippen LogP contribution in [0, 0.1) is 5.92 Å². The highest BCUT2D eigenvalue weighted by atomic mass is 32.2. The molecule has 1 aromatic carbocycles. The van der Waals surface area contributed by atoms with Gasteiger partial charge in [0.15, 0.2) is 0 Å². The number of benzene rings is 1. The number of amidine groups is 1. The molecule has 0 aliphatic carbocycles. The van der Waals surface area contributed by atoms with Gasteiger partial charge in [-0.25, -0.2) is 8.42 Å². The Bertz CT molecular complexity index is 790. The third-order valence-corrected chi connectivity index (χ3v) is 5.88. The van der Waals surface area contributed by atoms with Crippen LogP contribution in [0.25, 0.3) is 0 Å². The second-order valence-corrected chi connectivity index (χ2v) is 8.96. The van der Waals surface area contributed by atoms with Crippen LogP contribution < -0.4 is 15.8 Å². The average Bonchev–Trinajstić information content (AvgIpc) is 2.88. The van der Waals surface area contributed by atoms with E-state index in [0.717, 1.165) is 19.3 Å². The quantitative estimate of drug-likeness (QED) is 0.592. The molecule has 0 radical (unpaired) electrons. The van der Waals surface area contributed by atoms with E-state index in [-0.39, 0.29) is 28.6 Å². The Morgan fingerprint density at radius 3 is 2.63 bits per heavy atom. The van der Waals surface area contributed by atoms with Gasteiger partial charge >= 0.3 is 0 Å². The van der Waals surface area contributed by atoms with E-state index >= 15 is 0 Å². The molecule has 0 fully saturated rings. The molecule has 150 valence electrons. The Hall–Kier alpha value is -1.93. The minimum atomic E-state index is -3.63. The summed E-state index contributed by atoms with van der Waals surface area (Å²) in [7, 11) is -3.63. The summed E-state index contributed by atoms with van der Waals surface area (Å²) in [5, 5.41) is 2.98. The zero-order valence-corrected chi connectivity index (χ0v) is 17.1. The number of nitrogens with two attached hydrogens (primary N) is 1. The fraction of sp³-hybridized carbons (Fsp3) is 0.579. The molecule has 0 saturated heterocycles. The van der Waals surface area contributed by atoms with Crippen molar-refractivity contribution in [3.8, 4) is 0 Å². The summed E-state index contributed by atoms with van der Waals surface area (Å²) in [6.07, 6.45) is 3.35. The smallest absolute Gasteiger partial charge is 0.263 e. The number of fused-ring (bicyclic) bond motifs is 1. The van der Waals surface area contributed by atoms with Crippen LogP contribution in [0.3, 0.4) is 0 Å². The number of nitrogens with zero attached hydrogens (tertiary/aromatic N) is 1. The number of sulfonamides is 1. The lowest BCUT2D eigenvalue weighted by Crippen LogP contribution is -2.45. The molecule has 1 heterocycles. The van der Waals surface area contributed by atoms with Gasteiger partial charge in [0.25, 0.3) is 10.0 Å². The number of nitrogens with one attached hydrogen (secondary N) is 2. The monoisotopic (exact) mass is 394 g/mol. The first kappa shape index (κ1) is 21.4. The summed E-state index contributed by atoms with van der Waals surface area (Å²) in [5.41, 5.74) is 6.28. The normalized spacial score (nSPS) is 18.8. The van der Waals surface area contributed by atoms with Gasteiger partial charge in [-0.1, -0.05) is 45.7 Å². The Morgan fingerprint density at radius 1 is 1.30 bits per heavy atom. The van der Waals surface area contributed by atoms with E-state index < -0.39 is 16.1 Å². The summed E-state index contributed by atoms with van der Waals surface area (Å²) >= 11 is 0. The zero-order valence-electron chi connectivity index (χ0n) is 16.2. The van der Waals surface area contributed by atoms with E-state index in [4.69, 9.17) is 5.73 Å². The lowest BCUT2D eigenvalue weighted by Gasteiger charge is -2.21. The van der Waals surface area contributed by atoms with Crippen LogP contribution in [0.2, 0.25) is 0 Å². The van der Waals surface area contributed by atoms with Gasteiger partial charge in [0.1, 0.15) is 11.9 Å². The number of unbranched alkanes of at least 4 members (excludes halogenated alkanes) is 1. The van der Waals surface area contributed by atoms with Crippen LogP contribution in [0.5, 0.6) is 0 Å². The predicted molar refractivity (Wildman–Crippen MR) is 107 cm³/mol. The molecule has 0 bridgehead atoms. The molecule has 2 unspecified atom stereocenters. The first-order valence-corrected chi connectivity index (χ1v) is 11.0. The van der Waals surface area contributed by atoms with Crippen LogP contribution in [-0.4, -0.2) is 38.8 Å². The highest BCUT2D eigenvalue weighted by Gasteiger charge is 2.32. The third kappa shape index (κ3) is 5.52. The van der Waals surface area contributed by atoms with Crippen molar-refractivity contribution in [2.45, 2.75) is 63.4 Å². The molecule has 1 amide bonds. The third-order valence-electron chi connectivity index (χ3n) is 4.48. The van der Waals surface area contributed by atoms with Crippen molar-refractivity contribution in [1.29, 1.82) is 0 Å². The number of aliphatic imine (C=N–C) groups is 1. The molecule has 2 atom stereocenters. The van der Waals surface area contributed by atoms with Gasteiger partial charge in [0, 0.05) is 18.2 Å². The average molecular weight is 395 g/mol. The van der Waals surface area contributed by atoms with Crippen molar-refractivity contribution in [1.82, 2.24) is 10.0 Å². The van der Waals surface area contributed by atoms with Crippen molar-refractivity contribution < 1.29 is 13.2 Å². The first-order valence-electron chi connectivity index (χ1n) is 9.49. The predicted octanol–water partition coefficient (Wildman–Crippen LogP) is 1.77. The Morgan fingerprint density at radius 2 is 2.00 bits per heavy atom. The number of carbonyl (C=O) groups is 1. The molecular formula is C19H30N4O3S. The van der Waals surface area contributed by atoms with E-state index in [1.165, 1.54) is 6.07 Å². The summed E-state index contributed by atoms with van der Waals surface area (Å²) in [6, 6.07) is 5.87. The van der Waals surface area contributed by atoms with Crippen LogP contribution >= 0.6 is 0 Å². The fourth-order valence-electron chi connectivity index (χ4n) is 3.05. The van der Waals surface area contributed by atoms with Crippen LogP contribution in [0.1, 0.15) is 52.0 Å². The summed E-state index contributed by atoms with van der Waals surface area (Å²) in [4.78, 5) is 17.5. The summed E-state index contributed by atoms with van der Waals surface area (Å²) in [6.45, 7) is 6.47. The van der Waals surface area contributed by atoms with Crippen LogP contribution in [-0.2, 0) is 14.8 Å². The van der Waals surface area contributed by atoms with Crippen molar-refractivity contribution in [2.75, 3.05) is 6.54 Å². The molecule has 2 rings (SSSR count). The fourth-order valence-corrected chi connectivity index (χ4v) is 4.29. The van der Waals surface area contributed by atoms with Gasteiger partial charge in [-0.15, -0.1) is 0 Å². The van der Waals surface area contributed by atoms with Crippen molar-refractivity contribution in [2.24, 2.45) is 16.6 Å². The van der Waals surface area contributed by atoms with Crippen molar-refractivity contribution in [3.63, 3.8) is 0 Å². The standard InChI is InChI=1S/C19H30N4O3S/c1-4-5-8-14(12-20)21-19(24)16(11-13(2)3)22-18-15-9-6-7-10-17(15)27(25,26)23-18/h6-7,9-10,13-14,16H,4-5,8,11-12,20H2,1-3H3,(H,21,24)(H,22,23). The van der Waals surface area contributed by atoms with E-state index in [1.54, 1.807) is 18.2 Å². The molecular weight excluding hydrogens is 364 g/mol. The molecule has 8 heteroatoms. The van der Waals surface area contributed by atoms with Crippen LogP contribution in [0.15, 0.2) is 34.2 Å². The van der Waals surface area contributed by atoms with Gasteiger partial charge in [0.05, 0.1) is 4.90 Å². The molecule has 4 N–H and O–H groups in total. The number of rotatable bonds is 9. The highest BCUT2D eigenvalue weighted by molar-refractivity contribution is 7.90. The molecule has 27 heavy (non-hydrogen) atoms. The van der Waals surface area contributed by atoms with E-state index in [1.807, 2.05) is 13.8 Å². The number of amides is 1. The molecule has 0 saturated carbocycles. The van der Waals surface area contributed by atoms with Gasteiger partial charge in [-0.05, 0) is 30.9 Å². The van der Waals surface area contributed by atoms with Gasteiger partial charge in [-0.3, -0.25) is 14.5 Å². The molecule has 0 spiro atoms. The SMILES string of the molecule is CCCCC(CN)NC(=O)C(CC(C)C)N=C1NS(=O)(=O)c2ccccc21. The van der Waals surface area contributed by atoms with Crippen molar-refractivity contribution >= 4 is 21.8 Å². The lowest BCUT2D eigenvalue weighted by atomic mass is 10.0. The second kappa shape index (κ2) is 9.32. The summed E-state index contributed by atoms with van der Waals surface area (Å²) < 4.78 is 27.0. The van der Waals surface area contributed by atoms with E-state index in [0.29, 0.717) is 18.5 Å². The molecule has 0 aromatic heterocycles. The van der Waals surface area contributed by atoms with Crippen molar-refractivity contribution in [3.05, 3.63) is 29.8 Å². The maximum absolute atomic E-state index is 12.8.